The molecule has 2 atom stereocenters. The summed E-state index contributed by atoms with van der Waals surface area (Å²) in [7, 11) is 0. The second kappa shape index (κ2) is 6.71. The van der Waals surface area contributed by atoms with Crippen molar-refractivity contribution in [1.29, 1.82) is 0 Å². The van der Waals surface area contributed by atoms with Gasteiger partial charge in [0.15, 0.2) is 0 Å². The number of rotatable bonds is 3. The molecule has 0 amide bonds. The lowest BCUT2D eigenvalue weighted by atomic mass is 10.0. The van der Waals surface area contributed by atoms with E-state index >= 15 is 0 Å². The molecule has 1 fully saturated rings. The van der Waals surface area contributed by atoms with E-state index in [9.17, 15) is 5.11 Å². The molecule has 1 aromatic heterocycles. The summed E-state index contributed by atoms with van der Waals surface area (Å²) in [6, 6.07) is 6.49. The second-order valence-corrected chi connectivity index (χ2v) is 7.20. The normalized spacial score (nSPS) is 23.5. The molecule has 3 heterocycles. The van der Waals surface area contributed by atoms with Crippen molar-refractivity contribution in [2.75, 3.05) is 18.4 Å². The summed E-state index contributed by atoms with van der Waals surface area (Å²) in [6.45, 7) is 7.47. The molecule has 0 spiro atoms. The van der Waals surface area contributed by atoms with Gasteiger partial charge in [-0.3, -0.25) is 4.90 Å². The Morgan fingerprint density at radius 2 is 2.00 bits per heavy atom. The Balaban J connectivity index is 1.50. The molecule has 0 radical (unpaired) electrons. The van der Waals surface area contributed by atoms with Gasteiger partial charge in [-0.25, -0.2) is 9.97 Å². The highest BCUT2D eigenvalue weighted by atomic mass is 16.3. The summed E-state index contributed by atoms with van der Waals surface area (Å²) in [6.07, 6.45) is 2.45. The Hall–Kier alpha value is -2.02. The summed E-state index contributed by atoms with van der Waals surface area (Å²) >= 11 is 0. The molecule has 0 saturated carbocycles. The molecule has 6 heteroatoms. The number of aliphatic hydroxyl groups excluding tert-OH is 1. The van der Waals surface area contributed by atoms with Crippen molar-refractivity contribution in [2.24, 2.45) is 0 Å². The van der Waals surface area contributed by atoms with Gasteiger partial charge in [-0.1, -0.05) is 6.07 Å². The Morgan fingerprint density at radius 3 is 2.76 bits per heavy atom. The molecule has 3 N–H and O–H groups in total. The molecule has 2 aliphatic heterocycles. The highest BCUT2D eigenvalue weighted by Gasteiger charge is 2.33. The number of aryl methyl sites for hydroxylation is 2. The smallest absolute Gasteiger partial charge is 0.227 e. The summed E-state index contributed by atoms with van der Waals surface area (Å²) < 4.78 is 0. The monoisotopic (exact) mass is 339 g/mol. The molecule has 2 unspecified atom stereocenters. The van der Waals surface area contributed by atoms with Gasteiger partial charge in [0, 0.05) is 43.1 Å². The van der Waals surface area contributed by atoms with Gasteiger partial charge in [0.1, 0.15) is 0 Å². The predicted octanol–water partition coefficient (Wildman–Crippen LogP) is 1.88. The van der Waals surface area contributed by atoms with Crippen LogP contribution in [0.2, 0.25) is 0 Å². The number of aliphatic hydroxyl groups is 1. The first-order chi connectivity index (χ1) is 12.1. The zero-order valence-electron chi connectivity index (χ0n) is 14.8. The fraction of sp³-hybridized carbons (Fsp3) is 0.474. The summed E-state index contributed by atoms with van der Waals surface area (Å²) in [5.74, 6) is 0.632. The van der Waals surface area contributed by atoms with Gasteiger partial charge < -0.3 is 15.7 Å². The summed E-state index contributed by atoms with van der Waals surface area (Å²) in [4.78, 5) is 11.5. The highest BCUT2D eigenvalue weighted by Crippen LogP contribution is 2.26. The van der Waals surface area contributed by atoms with E-state index in [0.29, 0.717) is 5.95 Å². The van der Waals surface area contributed by atoms with Crippen molar-refractivity contribution in [3.05, 3.63) is 46.8 Å². The first-order valence-corrected chi connectivity index (χ1v) is 8.91. The average Bonchev–Trinajstić information content (AvgIpc) is 2.97. The van der Waals surface area contributed by atoms with Crippen LogP contribution in [0.25, 0.3) is 0 Å². The molecule has 4 rings (SSSR count). The Kier molecular flexibility index (Phi) is 4.41. The van der Waals surface area contributed by atoms with Crippen LogP contribution in [-0.4, -0.2) is 45.2 Å². The van der Waals surface area contributed by atoms with E-state index in [1.807, 2.05) is 6.20 Å². The topological polar surface area (TPSA) is 73.3 Å². The maximum Gasteiger partial charge on any atom is 0.227 e. The zero-order valence-corrected chi connectivity index (χ0v) is 14.8. The number of hydrogen-bond acceptors (Lipinski definition) is 6. The molecule has 2 aliphatic rings. The second-order valence-electron chi connectivity index (χ2n) is 7.20. The van der Waals surface area contributed by atoms with Crippen molar-refractivity contribution in [3.8, 4) is 0 Å². The lowest BCUT2D eigenvalue weighted by Crippen LogP contribution is -2.52. The molecule has 132 valence electrons. The van der Waals surface area contributed by atoms with Crippen molar-refractivity contribution in [1.82, 2.24) is 20.2 Å². The SMILES string of the molecule is Cc1cc(C)cc(Nc2ncc3c(n2)CN(C2CNCCC2O)C3)c1. The van der Waals surface area contributed by atoms with Crippen LogP contribution >= 0.6 is 0 Å². The largest absolute Gasteiger partial charge is 0.391 e. The van der Waals surface area contributed by atoms with Gasteiger partial charge in [-0.2, -0.15) is 0 Å². The third-order valence-corrected chi connectivity index (χ3v) is 5.04. The standard InChI is InChI=1S/C19H25N5O/c1-12-5-13(2)7-15(6-12)22-19-21-8-14-10-24(11-16(14)23-19)17-9-20-4-3-18(17)25/h5-8,17-18,20,25H,3-4,9-11H2,1-2H3,(H,21,22,23). The number of anilines is 2. The van der Waals surface area contributed by atoms with Crippen LogP contribution in [0.1, 0.15) is 28.8 Å². The quantitative estimate of drug-likeness (QED) is 0.793. The molecular weight excluding hydrogens is 314 g/mol. The Bertz CT molecular complexity index is 758. The summed E-state index contributed by atoms with van der Waals surface area (Å²) in [5.41, 5.74) is 5.66. The van der Waals surface area contributed by atoms with E-state index in [1.165, 1.54) is 11.1 Å². The zero-order chi connectivity index (χ0) is 17.4. The summed E-state index contributed by atoms with van der Waals surface area (Å²) in [5, 5.41) is 17.0. The van der Waals surface area contributed by atoms with Crippen LogP contribution in [-0.2, 0) is 13.1 Å². The van der Waals surface area contributed by atoms with Crippen LogP contribution in [0.4, 0.5) is 11.6 Å². The van der Waals surface area contributed by atoms with E-state index in [4.69, 9.17) is 4.98 Å². The molecule has 2 aromatic rings. The molecule has 1 saturated heterocycles. The first kappa shape index (κ1) is 16.4. The fourth-order valence-corrected chi connectivity index (χ4v) is 3.85. The number of hydrogen-bond donors (Lipinski definition) is 3. The number of nitrogens with one attached hydrogen (secondary N) is 2. The van der Waals surface area contributed by atoms with Crippen molar-refractivity contribution in [2.45, 2.75) is 45.5 Å². The first-order valence-electron chi connectivity index (χ1n) is 8.91. The maximum atomic E-state index is 10.3. The maximum absolute atomic E-state index is 10.3. The van der Waals surface area contributed by atoms with Crippen LogP contribution in [0.3, 0.4) is 0 Å². The van der Waals surface area contributed by atoms with Crippen molar-refractivity contribution < 1.29 is 5.11 Å². The number of benzene rings is 1. The molecule has 0 bridgehead atoms. The minimum atomic E-state index is -0.267. The minimum absolute atomic E-state index is 0.152. The van der Waals surface area contributed by atoms with Crippen molar-refractivity contribution >= 4 is 11.6 Å². The van der Waals surface area contributed by atoms with E-state index < -0.39 is 0 Å². The molecular formula is C19H25N5O. The van der Waals surface area contributed by atoms with E-state index in [-0.39, 0.29) is 12.1 Å². The Labute approximate surface area is 148 Å². The third-order valence-electron chi connectivity index (χ3n) is 5.04. The number of aromatic nitrogens is 2. The van der Waals surface area contributed by atoms with Crippen LogP contribution < -0.4 is 10.6 Å². The number of piperidine rings is 1. The van der Waals surface area contributed by atoms with Gasteiger partial charge in [-0.05, 0) is 50.1 Å². The van der Waals surface area contributed by atoms with E-state index in [2.05, 4.69) is 52.6 Å². The predicted molar refractivity (Wildman–Crippen MR) is 97.8 cm³/mol. The fourth-order valence-electron chi connectivity index (χ4n) is 3.85. The van der Waals surface area contributed by atoms with Crippen LogP contribution in [0, 0.1) is 13.8 Å². The molecule has 1 aromatic carbocycles. The molecule has 6 nitrogen and oxygen atoms in total. The lowest BCUT2D eigenvalue weighted by molar-refractivity contribution is 0.0259. The number of fused-ring (bicyclic) bond motifs is 1. The highest BCUT2D eigenvalue weighted by molar-refractivity contribution is 5.56. The molecule has 25 heavy (non-hydrogen) atoms. The lowest BCUT2D eigenvalue weighted by Gasteiger charge is -2.35. The third kappa shape index (κ3) is 3.51. The van der Waals surface area contributed by atoms with Crippen molar-refractivity contribution in [3.63, 3.8) is 0 Å². The van der Waals surface area contributed by atoms with Crippen LogP contribution in [0.5, 0.6) is 0 Å². The van der Waals surface area contributed by atoms with E-state index in [0.717, 1.165) is 49.5 Å². The van der Waals surface area contributed by atoms with Crippen LogP contribution in [0.15, 0.2) is 24.4 Å². The average molecular weight is 339 g/mol. The van der Waals surface area contributed by atoms with Gasteiger partial charge >= 0.3 is 0 Å². The van der Waals surface area contributed by atoms with Gasteiger partial charge in [-0.15, -0.1) is 0 Å². The van der Waals surface area contributed by atoms with Gasteiger partial charge in [0.05, 0.1) is 11.8 Å². The minimum Gasteiger partial charge on any atom is -0.391 e. The van der Waals surface area contributed by atoms with E-state index in [1.54, 1.807) is 0 Å². The molecule has 0 aliphatic carbocycles. The number of nitrogens with zero attached hydrogens (tertiary/aromatic N) is 3. The Morgan fingerprint density at radius 1 is 1.20 bits per heavy atom. The van der Waals surface area contributed by atoms with Gasteiger partial charge in [0.2, 0.25) is 5.95 Å². The van der Waals surface area contributed by atoms with Gasteiger partial charge in [0.25, 0.3) is 0 Å².